The summed E-state index contributed by atoms with van der Waals surface area (Å²) in [5.41, 5.74) is 0.464. The molecule has 0 aromatic carbocycles. The van der Waals surface area contributed by atoms with E-state index in [9.17, 15) is 4.79 Å². The van der Waals surface area contributed by atoms with Crippen molar-refractivity contribution in [2.75, 3.05) is 19.7 Å². The topological polar surface area (TPSA) is 78.5 Å². The Labute approximate surface area is 93.2 Å². The van der Waals surface area contributed by atoms with E-state index in [-0.39, 0.29) is 24.7 Å². The van der Waals surface area contributed by atoms with Gasteiger partial charge in [-0.05, 0) is 6.92 Å². The first-order valence-electron chi connectivity index (χ1n) is 5.24. The zero-order valence-corrected chi connectivity index (χ0v) is 9.09. The summed E-state index contributed by atoms with van der Waals surface area (Å²) in [4.78, 5) is 20.2. The van der Waals surface area contributed by atoms with E-state index in [0.29, 0.717) is 18.8 Å². The molecule has 1 aliphatic heterocycles. The third-order valence-electron chi connectivity index (χ3n) is 2.55. The van der Waals surface area contributed by atoms with Gasteiger partial charge in [0.1, 0.15) is 5.69 Å². The molecule has 6 nitrogen and oxygen atoms in total. The second kappa shape index (κ2) is 4.63. The van der Waals surface area contributed by atoms with Gasteiger partial charge in [-0.3, -0.25) is 4.79 Å². The molecule has 1 aromatic heterocycles. The summed E-state index contributed by atoms with van der Waals surface area (Å²) in [7, 11) is 0. The van der Waals surface area contributed by atoms with Crippen molar-refractivity contribution >= 4 is 5.91 Å². The summed E-state index contributed by atoms with van der Waals surface area (Å²) in [5, 5.41) is 9.06. The molecular formula is C10H15N3O3. The van der Waals surface area contributed by atoms with Crippen LogP contribution in [0, 0.1) is 0 Å². The van der Waals surface area contributed by atoms with Crippen molar-refractivity contribution in [3.63, 3.8) is 0 Å². The number of morpholine rings is 1. The Morgan fingerprint density at radius 1 is 1.75 bits per heavy atom. The normalized spacial score (nSPS) is 25.8. The van der Waals surface area contributed by atoms with Gasteiger partial charge in [0.25, 0.3) is 5.91 Å². The summed E-state index contributed by atoms with van der Waals surface area (Å²) in [6.07, 6.45) is 2.62. The standard InChI is InChI=1S/C10H15N3O3/c1-7-3-13(4-8(5-14)16-7)10(15)9-2-11-6-12-9/h2,6-8,14H,3-5H2,1H3,(H,11,12). The van der Waals surface area contributed by atoms with E-state index in [1.165, 1.54) is 12.5 Å². The fourth-order valence-corrected chi connectivity index (χ4v) is 1.86. The van der Waals surface area contributed by atoms with Crippen LogP contribution in [0.5, 0.6) is 0 Å². The molecule has 0 bridgehead atoms. The van der Waals surface area contributed by atoms with E-state index < -0.39 is 0 Å². The molecule has 16 heavy (non-hydrogen) atoms. The number of ether oxygens (including phenoxy) is 1. The average Bonchev–Trinajstić information content (AvgIpc) is 2.80. The molecule has 1 saturated heterocycles. The Bertz CT molecular complexity index is 352. The maximum absolute atomic E-state index is 12.0. The summed E-state index contributed by atoms with van der Waals surface area (Å²) < 4.78 is 5.46. The van der Waals surface area contributed by atoms with Gasteiger partial charge in [-0.25, -0.2) is 4.98 Å². The van der Waals surface area contributed by atoms with Gasteiger partial charge in [-0.15, -0.1) is 0 Å². The Hall–Kier alpha value is -1.40. The average molecular weight is 225 g/mol. The fraction of sp³-hybridized carbons (Fsp3) is 0.600. The molecule has 2 unspecified atom stereocenters. The smallest absolute Gasteiger partial charge is 0.272 e. The number of nitrogens with zero attached hydrogens (tertiary/aromatic N) is 2. The van der Waals surface area contributed by atoms with Crippen LogP contribution in [-0.2, 0) is 4.74 Å². The Morgan fingerprint density at radius 3 is 3.19 bits per heavy atom. The molecule has 0 radical (unpaired) electrons. The highest BCUT2D eigenvalue weighted by atomic mass is 16.5. The summed E-state index contributed by atoms with van der Waals surface area (Å²) >= 11 is 0. The minimum absolute atomic E-state index is 0.0576. The second-order valence-electron chi connectivity index (χ2n) is 3.93. The van der Waals surface area contributed by atoms with Crippen molar-refractivity contribution < 1.29 is 14.6 Å². The SMILES string of the molecule is CC1CN(C(=O)c2cnc[nH]2)CC(CO)O1. The molecule has 2 rings (SSSR count). The van der Waals surface area contributed by atoms with Gasteiger partial charge < -0.3 is 19.7 Å². The minimum Gasteiger partial charge on any atom is -0.394 e. The van der Waals surface area contributed by atoms with E-state index in [0.717, 1.165) is 0 Å². The fourth-order valence-electron chi connectivity index (χ4n) is 1.86. The lowest BCUT2D eigenvalue weighted by atomic mass is 10.2. The number of H-pyrrole nitrogens is 1. The molecule has 2 atom stereocenters. The first-order valence-corrected chi connectivity index (χ1v) is 5.24. The van der Waals surface area contributed by atoms with Crippen LogP contribution in [0.1, 0.15) is 17.4 Å². The van der Waals surface area contributed by atoms with Crippen LogP contribution in [0.25, 0.3) is 0 Å². The van der Waals surface area contributed by atoms with Gasteiger partial charge in [0, 0.05) is 13.1 Å². The third-order valence-corrected chi connectivity index (χ3v) is 2.55. The van der Waals surface area contributed by atoms with E-state index in [1.807, 2.05) is 6.92 Å². The number of aliphatic hydroxyl groups excluding tert-OH is 1. The lowest BCUT2D eigenvalue weighted by Crippen LogP contribution is -2.50. The molecule has 2 heterocycles. The number of carbonyl (C=O) groups is 1. The maximum atomic E-state index is 12.0. The van der Waals surface area contributed by atoms with Crippen LogP contribution < -0.4 is 0 Å². The summed E-state index contributed by atoms with van der Waals surface area (Å²) in [6, 6.07) is 0. The molecule has 1 aliphatic rings. The molecule has 1 fully saturated rings. The molecule has 2 N–H and O–H groups in total. The lowest BCUT2D eigenvalue weighted by molar-refractivity contribution is -0.0859. The van der Waals surface area contributed by atoms with Crippen molar-refractivity contribution in [2.24, 2.45) is 0 Å². The summed E-state index contributed by atoms with van der Waals surface area (Å²) in [6.45, 7) is 2.76. The third kappa shape index (κ3) is 2.23. The number of nitrogens with one attached hydrogen (secondary N) is 1. The minimum atomic E-state index is -0.296. The number of hydrogen-bond donors (Lipinski definition) is 2. The number of imidazole rings is 1. The van der Waals surface area contributed by atoms with Gasteiger partial charge in [-0.1, -0.05) is 0 Å². The zero-order valence-electron chi connectivity index (χ0n) is 9.09. The predicted molar refractivity (Wildman–Crippen MR) is 55.9 cm³/mol. The maximum Gasteiger partial charge on any atom is 0.272 e. The molecule has 6 heteroatoms. The Kier molecular flexibility index (Phi) is 3.21. The molecule has 0 saturated carbocycles. The summed E-state index contributed by atoms with van der Waals surface area (Å²) in [5.74, 6) is -0.105. The first-order chi connectivity index (χ1) is 7.70. The molecule has 88 valence electrons. The number of aromatic nitrogens is 2. The van der Waals surface area contributed by atoms with Crippen LogP contribution in [0.15, 0.2) is 12.5 Å². The Balaban J connectivity index is 2.06. The van der Waals surface area contributed by atoms with Crippen LogP contribution in [0.3, 0.4) is 0 Å². The molecular weight excluding hydrogens is 210 g/mol. The first kappa shape index (κ1) is 11.1. The van der Waals surface area contributed by atoms with Crippen LogP contribution in [0.4, 0.5) is 0 Å². The largest absolute Gasteiger partial charge is 0.394 e. The highest BCUT2D eigenvalue weighted by molar-refractivity contribution is 5.92. The highest BCUT2D eigenvalue weighted by Crippen LogP contribution is 2.13. The number of hydrogen-bond acceptors (Lipinski definition) is 4. The number of rotatable bonds is 2. The van der Waals surface area contributed by atoms with Crippen molar-refractivity contribution in [2.45, 2.75) is 19.1 Å². The van der Waals surface area contributed by atoms with Gasteiger partial charge in [0.15, 0.2) is 0 Å². The molecule has 1 amide bonds. The van der Waals surface area contributed by atoms with E-state index in [1.54, 1.807) is 4.90 Å². The highest BCUT2D eigenvalue weighted by Gasteiger charge is 2.28. The van der Waals surface area contributed by atoms with E-state index in [4.69, 9.17) is 9.84 Å². The van der Waals surface area contributed by atoms with Crippen molar-refractivity contribution in [3.8, 4) is 0 Å². The molecule has 0 spiro atoms. The van der Waals surface area contributed by atoms with Gasteiger partial charge >= 0.3 is 0 Å². The van der Waals surface area contributed by atoms with Crippen LogP contribution >= 0.6 is 0 Å². The molecule has 1 aromatic rings. The van der Waals surface area contributed by atoms with Crippen LogP contribution in [0.2, 0.25) is 0 Å². The zero-order chi connectivity index (χ0) is 11.5. The quantitative estimate of drug-likeness (QED) is 0.720. The lowest BCUT2D eigenvalue weighted by Gasteiger charge is -2.35. The van der Waals surface area contributed by atoms with E-state index >= 15 is 0 Å². The van der Waals surface area contributed by atoms with Crippen LogP contribution in [-0.4, -0.2) is 57.8 Å². The van der Waals surface area contributed by atoms with Crippen molar-refractivity contribution in [1.82, 2.24) is 14.9 Å². The van der Waals surface area contributed by atoms with Crippen molar-refractivity contribution in [3.05, 3.63) is 18.2 Å². The van der Waals surface area contributed by atoms with Gasteiger partial charge in [0.2, 0.25) is 0 Å². The van der Waals surface area contributed by atoms with Gasteiger partial charge in [-0.2, -0.15) is 0 Å². The number of aromatic amines is 1. The number of carbonyl (C=O) groups excluding carboxylic acids is 1. The van der Waals surface area contributed by atoms with Crippen molar-refractivity contribution in [1.29, 1.82) is 0 Å². The Morgan fingerprint density at radius 2 is 2.56 bits per heavy atom. The van der Waals surface area contributed by atoms with Gasteiger partial charge in [0.05, 0.1) is 31.3 Å². The monoisotopic (exact) mass is 225 g/mol. The number of amides is 1. The van der Waals surface area contributed by atoms with E-state index in [2.05, 4.69) is 9.97 Å². The molecule has 0 aliphatic carbocycles. The number of aliphatic hydroxyl groups is 1. The predicted octanol–water partition coefficient (Wildman–Crippen LogP) is -0.369. The second-order valence-corrected chi connectivity index (χ2v) is 3.93.